The molecule has 0 amide bonds. The molecule has 5 N–H and O–H groups in total. The van der Waals surface area contributed by atoms with Crippen molar-refractivity contribution in [1.82, 2.24) is 20.2 Å². The molecule has 1 aliphatic rings. The molecule has 0 radical (unpaired) electrons. The average Bonchev–Trinajstić information content (AvgIpc) is 2.65. The van der Waals surface area contributed by atoms with Crippen molar-refractivity contribution in [3.63, 3.8) is 0 Å². The molecule has 1 atom stereocenters. The van der Waals surface area contributed by atoms with Gasteiger partial charge in [-0.25, -0.2) is 10.9 Å². The highest BCUT2D eigenvalue weighted by atomic mass is 35.5. The molecule has 0 aromatic carbocycles. The zero-order chi connectivity index (χ0) is 18.7. The Morgan fingerprint density at radius 2 is 2.27 bits per heavy atom. The number of halogens is 1. The van der Waals surface area contributed by atoms with Crippen molar-refractivity contribution < 1.29 is 0 Å². The Morgan fingerprint density at radius 3 is 2.92 bits per heavy atom. The van der Waals surface area contributed by atoms with E-state index in [1.165, 1.54) is 6.20 Å². The van der Waals surface area contributed by atoms with Gasteiger partial charge in [0.05, 0.1) is 30.2 Å². The Balaban J connectivity index is 1.83. The van der Waals surface area contributed by atoms with Gasteiger partial charge in [-0.2, -0.15) is 5.10 Å². The van der Waals surface area contributed by atoms with E-state index in [-0.39, 0.29) is 11.1 Å². The summed E-state index contributed by atoms with van der Waals surface area (Å²) in [4.78, 5) is 17.8. The van der Waals surface area contributed by atoms with E-state index < -0.39 is 5.56 Å². The third-order valence-corrected chi connectivity index (χ3v) is 4.94. The summed E-state index contributed by atoms with van der Waals surface area (Å²) in [5.41, 5.74) is 9.06. The van der Waals surface area contributed by atoms with Gasteiger partial charge in [0.15, 0.2) is 0 Å². The number of H-pyrrole nitrogens is 1. The smallest absolute Gasteiger partial charge is 0.285 e. The predicted molar refractivity (Wildman–Crippen MR) is 101 cm³/mol. The van der Waals surface area contributed by atoms with E-state index in [1.54, 1.807) is 11.2 Å². The summed E-state index contributed by atoms with van der Waals surface area (Å²) in [7, 11) is 0. The number of anilines is 1. The molecular formula is C17H22ClN7O. The minimum absolute atomic E-state index is 0.00590. The third kappa shape index (κ3) is 3.51. The molecule has 0 saturated heterocycles. The van der Waals surface area contributed by atoms with Crippen LogP contribution in [0.5, 0.6) is 0 Å². The highest BCUT2D eigenvalue weighted by Crippen LogP contribution is 2.30. The Hall–Kier alpha value is -2.58. The van der Waals surface area contributed by atoms with Crippen LogP contribution in [0.25, 0.3) is 0 Å². The van der Waals surface area contributed by atoms with Crippen molar-refractivity contribution in [3.8, 4) is 0 Å². The lowest BCUT2D eigenvalue weighted by Crippen LogP contribution is -2.43. The van der Waals surface area contributed by atoms with Gasteiger partial charge in [-0.3, -0.25) is 9.78 Å². The largest absolute Gasteiger partial charge is 0.399 e. The van der Waals surface area contributed by atoms with Crippen LogP contribution in [0.4, 0.5) is 5.69 Å². The quantitative estimate of drug-likeness (QED) is 0.535. The van der Waals surface area contributed by atoms with Gasteiger partial charge in [-0.1, -0.05) is 24.6 Å². The molecular weight excluding hydrogens is 354 g/mol. The maximum absolute atomic E-state index is 11.7. The van der Waals surface area contributed by atoms with Crippen LogP contribution in [0.1, 0.15) is 31.4 Å². The number of hydrogen-bond acceptors (Lipinski definition) is 7. The van der Waals surface area contributed by atoms with Crippen LogP contribution < -0.4 is 22.0 Å². The van der Waals surface area contributed by atoms with Crippen LogP contribution in [0.15, 0.2) is 46.9 Å². The molecule has 8 nitrogen and oxygen atoms in total. The number of nitrogens with one attached hydrogen (secondary N) is 1. The molecule has 2 aromatic heterocycles. The van der Waals surface area contributed by atoms with E-state index in [9.17, 15) is 4.79 Å². The molecule has 0 saturated carbocycles. The number of rotatable bonds is 5. The van der Waals surface area contributed by atoms with Gasteiger partial charge in [0.1, 0.15) is 5.02 Å². The Labute approximate surface area is 156 Å². The highest BCUT2D eigenvalue weighted by molar-refractivity contribution is 6.33. The number of pyridine rings is 1. The molecule has 1 unspecified atom stereocenters. The summed E-state index contributed by atoms with van der Waals surface area (Å²) >= 11 is 6.10. The van der Waals surface area contributed by atoms with Gasteiger partial charge in [-0.15, -0.1) is 0 Å². The molecule has 2 aromatic rings. The number of hydrogen-bond donors (Lipinski definition) is 3. The first kappa shape index (κ1) is 18.2. The maximum Gasteiger partial charge on any atom is 0.285 e. The van der Waals surface area contributed by atoms with Gasteiger partial charge < -0.3 is 15.6 Å². The fraction of sp³-hybridized carbons (Fsp3) is 0.353. The topological polar surface area (TPSA) is 117 Å². The summed E-state index contributed by atoms with van der Waals surface area (Å²) in [6.07, 6.45) is 6.56. The van der Waals surface area contributed by atoms with Crippen molar-refractivity contribution in [1.29, 1.82) is 0 Å². The summed E-state index contributed by atoms with van der Waals surface area (Å²) in [5.74, 6) is 6.42. The monoisotopic (exact) mass is 375 g/mol. The number of nitrogens with zero attached hydrogens (tertiary/aromatic N) is 4. The average molecular weight is 376 g/mol. The molecule has 3 heterocycles. The second-order valence-electron chi connectivity index (χ2n) is 6.16. The van der Waals surface area contributed by atoms with Gasteiger partial charge in [0.2, 0.25) is 0 Å². The first-order chi connectivity index (χ1) is 12.5. The van der Waals surface area contributed by atoms with Gasteiger partial charge in [-0.05, 0) is 18.1 Å². The summed E-state index contributed by atoms with van der Waals surface area (Å²) in [6, 6.07) is 3.90. The van der Waals surface area contributed by atoms with Crippen LogP contribution in [0.2, 0.25) is 5.02 Å². The first-order valence-electron chi connectivity index (χ1n) is 8.42. The molecule has 26 heavy (non-hydrogen) atoms. The van der Waals surface area contributed by atoms with Crippen molar-refractivity contribution in [2.24, 2.45) is 11.6 Å². The molecule has 0 aliphatic carbocycles. The molecule has 1 aliphatic heterocycles. The number of aromatic nitrogens is 3. The van der Waals surface area contributed by atoms with Crippen LogP contribution >= 0.6 is 11.6 Å². The van der Waals surface area contributed by atoms with Crippen LogP contribution in [0.3, 0.4) is 0 Å². The predicted octanol–water partition coefficient (Wildman–Crippen LogP) is 1.53. The van der Waals surface area contributed by atoms with Crippen molar-refractivity contribution in [2.75, 3.05) is 18.0 Å². The summed E-state index contributed by atoms with van der Waals surface area (Å²) in [5, 5.41) is 7.99. The fourth-order valence-electron chi connectivity index (χ4n) is 3.23. The lowest BCUT2D eigenvalue weighted by Gasteiger charge is -2.37. The number of aromatic amines is 1. The number of nitrogens with two attached hydrogens (primary N) is 2. The lowest BCUT2D eigenvalue weighted by molar-refractivity contribution is 0.240. The Kier molecular flexibility index (Phi) is 5.43. The number of hydrazine groups is 1. The van der Waals surface area contributed by atoms with Crippen LogP contribution in [0, 0.1) is 0 Å². The minimum atomic E-state index is -0.416. The maximum atomic E-state index is 11.7. The fourth-order valence-corrected chi connectivity index (χ4v) is 3.44. The zero-order valence-electron chi connectivity index (χ0n) is 14.5. The van der Waals surface area contributed by atoms with E-state index in [0.29, 0.717) is 30.9 Å². The van der Waals surface area contributed by atoms with E-state index >= 15 is 0 Å². The zero-order valence-corrected chi connectivity index (χ0v) is 15.3. The minimum Gasteiger partial charge on any atom is -0.399 e. The third-order valence-electron chi connectivity index (χ3n) is 4.57. The normalized spacial score (nSPS) is 15.9. The highest BCUT2D eigenvalue weighted by Gasteiger charge is 2.26. The van der Waals surface area contributed by atoms with Crippen molar-refractivity contribution in [3.05, 3.63) is 63.1 Å². The second kappa shape index (κ2) is 7.76. The van der Waals surface area contributed by atoms with Crippen LogP contribution in [-0.4, -0.2) is 33.3 Å². The second-order valence-corrected chi connectivity index (χ2v) is 6.54. The van der Waals surface area contributed by atoms with Gasteiger partial charge in [0, 0.05) is 31.1 Å². The molecule has 9 heteroatoms. The van der Waals surface area contributed by atoms with E-state index in [0.717, 1.165) is 17.7 Å². The molecule has 138 valence electrons. The van der Waals surface area contributed by atoms with Crippen molar-refractivity contribution in [2.45, 2.75) is 25.8 Å². The standard InChI is InChI=1S/C17H22ClN7O/c1-2-13(11-4-3-6-21-8-11)25(20)14-5-7-24(10-12(14)19)15-9-22-23-17(26)16(15)18/h3-4,6,8-9,13H,2,5,7,10,19-20H2,1H3,(H,23,26). The molecule has 3 rings (SSSR count). The van der Waals surface area contributed by atoms with Crippen LogP contribution in [-0.2, 0) is 0 Å². The Morgan fingerprint density at radius 1 is 1.46 bits per heavy atom. The lowest BCUT2D eigenvalue weighted by atomic mass is 10.0. The molecule has 0 spiro atoms. The van der Waals surface area contributed by atoms with E-state index in [4.69, 9.17) is 23.2 Å². The summed E-state index contributed by atoms with van der Waals surface area (Å²) in [6.45, 7) is 3.14. The van der Waals surface area contributed by atoms with Gasteiger partial charge >= 0.3 is 0 Å². The first-order valence-corrected chi connectivity index (χ1v) is 8.80. The molecule has 0 bridgehead atoms. The molecule has 0 fully saturated rings. The van der Waals surface area contributed by atoms with E-state index in [1.807, 2.05) is 23.2 Å². The summed E-state index contributed by atoms with van der Waals surface area (Å²) < 4.78 is 0. The van der Waals surface area contributed by atoms with Crippen molar-refractivity contribution >= 4 is 17.3 Å². The SMILES string of the molecule is CCC(c1cccnc1)N(N)C1=C(N)CN(c2cn[nH]c(=O)c2Cl)CC1. The van der Waals surface area contributed by atoms with E-state index in [2.05, 4.69) is 22.1 Å². The Bertz CT molecular complexity index is 852. The van der Waals surface area contributed by atoms with Gasteiger partial charge in [0.25, 0.3) is 5.56 Å².